The summed E-state index contributed by atoms with van der Waals surface area (Å²) in [5, 5.41) is 0.619. The summed E-state index contributed by atoms with van der Waals surface area (Å²) in [7, 11) is 0. The normalized spacial score (nSPS) is 10.4. The third-order valence-electron chi connectivity index (χ3n) is 2.39. The number of aryl methyl sites for hydroxylation is 2. The average molecular weight is 252 g/mol. The maximum atomic E-state index is 12.1. The van der Waals surface area contributed by atoms with Gasteiger partial charge in [0.25, 0.3) is 0 Å². The summed E-state index contributed by atoms with van der Waals surface area (Å²) >= 11 is 7.35. The Morgan fingerprint density at radius 3 is 2.69 bits per heavy atom. The number of hydrogen-bond acceptors (Lipinski definition) is 3. The number of halogens is 1. The van der Waals surface area contributed by atoms with Gasteiger partial charge in [0.2, 0.25) is 5.78 Å². The van der Waals surface area contributed by atoms with Crippen molar-refractivity contribution in [3.05, 3.63) is 50.4 Å². The molecule has 1 aromatic heterocycles. The summed E-state index contributed by atoms with van der Waals surface area (Å²) in [6, 6.07) is 5.35. The molecule has 1 aromatic carbocycles. The number of aromatic nitrogens is 1. The topological polar surface area (TPSA) is 30.0 Å². The second kappa shape index (κ2) is 4.36. The smallest absolute Gasteiger partial charge is 0.204 e. The second-order valence-corrected chi connectivity index (χ2v) is 4.82. The number of nitrogens with zero attached hydrogens (tertiary/aromatic N) is 1. The maximum absolute atomic E-state index is 12.1. The molecule has 0 saturated carbocycles. The Morgan fingerprint density at radius 1 is 1.38 bits per heavy atom. The minimum absolute atomic E-state index is 0.0121. The van der Waals surface area contributed by atoms with Gasteiger partial charge in [-0.15, -0.1) is 11.3 Å². The molecule has 0 spiro atoms. The van der Waals surface area contributed by atoms with Crippen LogP contribution in [0.15, 0.2) is 23.7 Å². The van der Waals surface area contributed by atoms with Crippen molar-refractivity contribution >= 4 is 28.7 Å². The summed E-state index contributed by atoms with van der Waals surface area (Å²) < 4.78 is 0. The zero-order chi connectivity index (χ0) is 11.7. The second-order valence-electron chi connectivity index (χ2n) is 3.56. The SMILES string of the molecule is Cc1ccc(C(=O)c2scnc2C)cc1Cl. The predicted molar refractivity (Wildman–Crippen MR) is 66.5 cm³/mol. The monoisotopic (exact) mass is 251 g/mol. The molecular formula is C12H10ClNOS. The van der Waals surface area contributed by atoms with Crippen LogP contribution in [0.2, 0.25) is 5.02 Å². The Morgan fingerprint density at radius 2 is 2.12 bits per heavy atom. The minimum atomic E-state index is -0.0121. The van der Waals surface area contributed by atoms with E-state index in [4.69, 9.17) is 11.6 Å². The Balaban J connectivity index is 2.42. The van der Waals surface area contributed by atoms with Crippen molar-refractivity contribution in [2.45, 2.75) is 13.8 Å². The van der Waals surface area contributed by atoms with Crippen molar-refractivity contribution in [3.63, 3.8) is 0 Å². The summed E-state index contributed by atoms with van der Waals surface area (Å²) in [4.78, 5) is 16.9. The van der Waals surface area contributed by atoms with E-state index < -0.39 is 0 Å². The molecule has 0 aliphatic rings. The fourth-order valence-corrected chi connectivity index (χ4v) is 2.33. The van der Waals surface area contributed by atoms with Crippen LogP contribution in [0.4, 0.5) is 0 Å². The van der Waals surface area contributed by atoms with Crippen LogP contribution in [0.3, 0.4) is 0 Å². The molecule has 0 bridgehead atoms. The van der Waals surface area contributed by atoms with Crippen LogP contribution in [0.1, 0.15) is 26.5 Å². The van der Waals surface area contributed by atoms with E-state index in [0.29, 0.717) is 15.5 Å². The summed E-state index contributed by atoms with van der Waals surface area (Å²) in [5.74, 6) is -0.0121. The molecule has 0 saturated heterocycles. The third kappa shape index (κ3) is 2.01. The van der Waals surface area contributed by atoms with E-state index in [-0.39, 0.29) is 5.78 Å². The maximum Gasteiger partial charge on any atom is 0.204 e. The van der Waals surface area contributed by atoms with Crippen LogP contribution in [-0.4, -0.2) is 10.8 Å². The zero-order valence-corrected chi connectivity index (χ0v) is 10.5. The molecule has 0 aliphatic carbocycles. The number of rotatable bonds is 2. The van der Waals surface area contributed by atoms with Gasteiger partial charge in [0, 0.05) is 10.6 Å². The quantitative estimate of drug-likeness (QED) is 0.763. The van der Waals surface area contributed by atoms with E-state index in [1.165, 1.54) is 11.3 Å². The zero-order valence-electron chi connectivity index (χ0n) is 8.95. The van der Waals surface area contributed by atoms with Gasteiger partial charge in [-0.2, -0.15) is 0 Å². The van der Waals surface area contributed by atoms with Crippen LogP contribution < -0.4 is 0 Å². The predicted octanol–water partition coefficient (Wildman–Crippen LogP) is 3.64. The van der Waals surface area contributed by atoms with Gasteiger partial charge in [0.15, 0.2) is 0 Å². The molecule has 0 radical (unpaired) electrons. The highest BCUT2D eigenvalue weighted by molar-refractivity contribution is 7.12. The van der Waals surface area contributed by atoms with Gasteiger partial charge < -0.3 is 0 Å². The number of ketones is 1. The van der Waals surface area contributed by atoms with Crippen molar-refractivity contribution in [2.24, 2.45) is 0 Å². The lowest BCUT2D eigenvalue weighted by atomic mass is 10.1. The van der Waals surface area contributed by atoms with Crippen LogP contribution >= 0.6 is 22.9 Å². The fraction of sp³-hybridized carbons (Fsp3) is 0.167. The van der Waals surface area contributed by atoms with Gasteiger partial charge in [-0.05, 0) is 25.5 Å². The summed E-state index contributed by atoms with van der Waals surface area (Å²) in [6.45, 7) is 3.74. The lowest BCUT2D eigenvalue weighted by Crippen LogP contribution is -2.01. The van der Waals surface area contributed by atoms with Crippen LogP contribution in [0.25, 0.3) is 0 Å². The van der Waals surface area contributed by atoms with Gasteiger partial charge in [0.1, 0.15) is 0 Å². The number of hydrogen-bond donors (Lipinski definition) is 0. The third-order valence-corrected chi connectivity index (χ3v) is 3.72. The molecule has 4 heteroatoms. The molecule has 0 atom stereocenters. The van der Waals surface area contributed by atoms with Crippen molar-refractivity contribution < 1.29 is 4.79 Å². The van der Waals surface area contributed by atoms with Crippen molar-refractivity contribution in [1.82, 2.24) is 4.98 Å². The minimum Gasteiger partial charge on any atom is -0.288 e. The molecule has 2 aromatic rings. The fourth-order valence-electron chi connectivity index (χ4n) is 1.39. The van der Waals surface area contributed by atoms with Crippen LogP contribution in [0.5, 0.6) is 0 Å². The molecular weight excluding hydrogens is 242 g/mol. The standard InChI is InChI=1S/C12H10ClNOS/c1-7-3-4-9(5-10(7)13)11(15)12-8(2)14-6-16-12/h3-6H,1-2H3. The Labute approximate surface area is 103 Å². The first-order valence-electron chi connectivity index (χ1n) is 4.80. The number of carbonyl (C=O) groups is 1. The highest BCUT2D eigenvalue weighted by Crippen LogP contribution is 2.22. The largest absolute Gasteiger partial charge is 0.288 e. The Kier molecular flexibility index (Phi) is 3.08. The van der Waals surface area contributed by atoms with Gasteiger partial charge >= 0.3 is 0 Å². The van der Waals surface area contributed by atoms with E-state index in [9.17, 15) is 4.79 Å². The summed E-state index contributed by atoms with van der Waals surface area (Å²) in [6.07, 6.45) is 0. The Hall–Kier alpha value is -1.19. The molecule has 0 aliphatic heterocycles. The highest BCUT2D eigenvalue weighted by atomic mass is 35.5. The molecule has 0 amide bonds. The molecule has 2 nitrogen and oxygen atoms in total. The molecule has 0 fully saturated rings. The number of carbonyl (C=O) groups excluding carboxylic acids is 1. The van der Waals surface area contributed by atoms with Crippen molar-refractivity contribution in [1.29, 1.82) is 0 Å². The Bertz CT molecular complexity index is 548. The first-order valence-corrected chi connectivity index (χ1v) is 6.06. The van der Waals surface area contributed by atoms with Crippen molar-refractivity contribution in [3.8, 4) is 0 Å². The molecule has 16 heavy (non-hydrogen) atoms. The van der Waals surface area contributed by atoms with Gasteiger partial charge in [-0.25, -0.2) is 4.98 Å². The van der Waals surface area contributed by atoms with E-state index >= 15 is 0 Å². The molecule has 2 rings (SSSR count). The first-order chi connectivity index (χ1) is 7.59. The van der Waals surface area contributed by atoms with Gasteiger partial charge in [0.05, 0.1) is 16.1 Å². The van der Waals surface area contributed by atoms with Crippen LogP contribution in [0, 0.1) is 13.8 Å². The van der Waals surface area contributed by atoms with Gasteiger partial charge in [-0.1, -0.05) is 23.7 Å². The van der Waals surface area contributed by atoms with Crippen molar-refractivity contribution in [2.75, 3.05) is 0 Å². The van der Waals surface area contributed by atoms with E-state index in [1.54, 1.807) is 17.6 Å². The lowest BCUT2D eigenvalue weighted by molar-refractivity contribution is 0.104. The van der Waals surface area contributed by atoms with E-state index in [1.807, 2.05) is 19.9 Å². The molecule has 1 heterocycles. The van der Waals surface area contributed by atoms with Gasteiger partial charge in [-0.3, -0.25) is 4.79 Å². The molecule has 82 valence electrons. The average Bonchev–Trinajstić information content (AvgIpc) is 2.67. The number of thiazole rings is 1. The summed E-state index contributed by atoms with van der Waals surface area (Å²) in [5.41, 5.74) is 4.03. The highest BCUT2D eigenvalue weighted by Gasteiger charge is 2.14. The number of benzene rings is 1. The molecule has 0 unspecified atom stereocenters. The van der Waals surface area contributed by atoms with E-state index in [2.05, 4.69) is 4.98 Å². The van der Waals surface area contributed by atoms with Crippen LogP contribution in [-0.2, 0) is 0 Å². The first kappa shape index (κ1) is 11.3. The lowest BCUT2D eigenvalue weighted by Gasteiger charge is -2.02. The molecule has 0 N–H and O–H groups in total. The van der Waals surface area contributed by atoms with E-state index in [0.717, 1.165) is 11.3 Å².